The van der Waals surface area contributed by atoms with E-state index < -0.39 is 16.1 Å². The molecule has 0 atom stereocenters. The highest BCUT2D eigenvalue weighted by molar-refractivity contribution is 9.10. The molecule has 0 aliphatic rings. The molecule has 0 aromatic heterocycles. The maximum Gasteiger partial charge on any atom is 0.319 e. The molecular weight excluding hydrogens is 448 g/mol. The second-order valence-electron chi connectivity index (χ2n) is 5.16. The molecule has 26 heavy (non-hydrogen) atoms. The van der Waals surface area contributed by atoms with E-state index in [0.29, 0.717) is 36.0 Å². The van der Waals surface area contributed by atoms with Gasteiger partial charge in [-0.25, -0.2) is 4.79 Å². The van der Waals surface area contributed by atoms with Crippen molar-refractivity contribution < 1.29 is 22.5 Å². The molecule has 0 aliphatic heterocycles. The summed E-state index contributed by atoms with van der Waals surface area (Å²) in [6.45, 7) is 0.758. The van der Waals surface area contributed by atoms with Crippen LogP contribution in [0.4, 0.5) is 10.5 Å². The number of rotatable bonds is 7. The minimum Gasteiger partial charge on any atom is -0.492 e. The van der Waals surface area contributed by atoms with Crippen LogP contribution in [0.5, 0.6) is 5.75 Å². The highest BCUT2D eigenvalue weighted by Crippen LogP contribution is 2.27. The van der Waals surface area contributed by atoms with Crippen LogP contribution in [0.1, 0.15) is 6.42 Å². The molecule has 2 aromatic rings. The highest BCUT2D eigenvalue weighted by Gasteiger charge is 2.09. The summed E-state index contributed by atoms with van der Waals surface area (Å²) in [6, 6.07) is 10.0. The Kier molecular flexibility index (Phi) is 7.27. The van der Waals surface area contributed by atoms with Gasteiger partial charge >= 0.3 is 6.03 Å². The van der Waals surface area contributed by atoms with Crippen LogP contribution in [0, 0.1) is 0 Å². The highest BCUT2D eigenvalue weighted by atomic mass is 79.9. The predicted molar refractivity (Wildman–Crippen MR) is 103 cm³/mol. The number of halogens is 2. The molecule has 0 radical (unpaired) electrons. The first-order valence-corrected chi connectivity index (χ1v) is 10.1. The summed E-state index contributed by atoms with van der Waals surface area (Å²) in [7, 11) is -4.25. The molecule has 10 heteroatoms. The summed E-state index contributed by atoms with van der Waals surface area (Å²) in [6.07, 6.45) is 0.571. The smallest absolute Gasteiger partial charge is 0.319 e. The molecule has 0 saturated heterocycles. The number of carbonyl (C=O) groups excluding carboxylic acids is 1. The minimum atomic E-state index is -4.25. The Hall–Kier alpha value is -1.81. The third-order valence-electron chi connectivity index (χ3n) is 3.17. The lowest BCUT2D eigenvalue weighted by Gasteiger charge is -2.10. The second-order valence-corrected chi connectivity index (χ2v) is 7.90. The van der Waals surface area contributed by atoms with E-state index in [1.165, 1.54) is 24.3 Å². The SMILES string of the molecule is O=C(NCCCOc1ccc(Br)cc1Cl)Nc1ccc(S(=O)(=O)O)cc1. The Balaban J connectivity index is 1.70. The van der Waals surface area contributed by atoms with Gasteiger partial charge in [-0.1, -0.05) is 27.5 Å². The van der Waals surface area contributed by atoms with Crippen LogP contribution in [-0.4, -0.2) is 32.2 Å². The van der Waals surface area contributed by atoms with Gasteiger partial charge in [0.15, 0.2) is 0 Å². The molecule has 2 amide bonds. The largest absolute Gasteiger partial charge is 0.492 e. The molecule has 0 unspecified atom stereocenters. The zero-order chi connectivity index (χ0) is 19.2. The topological polar surface area (TPSA) is 105 Å². The quantitative estimate of drug-likeness (QED) is 0.426. The number of hydrogen-bond donors (Lipinski definition) is 3. The van der Waals surface area contributed by atoms with Gasteiger partial charge in [-0.3, -0.25) is 4.55 Å². The minimum absolute atomic E-state index is 0.243. The molecule has 7 nitrogen and oxygen atoms in total. The van der Waals surface area contributed by atoms with Gasteiger partial charge in [0, 0.05) is 16.7 Å². The van der Waals surface area contributed by atoms with Gasteiger partial charge in [-0.2, -0.15) is 8.42 Å². The average Bonchev–Trinajstić information content (AvgIpc) is 2.56. The second kappa shape index (κ2) is 9.22. The summed E-state index contributed by atoms with van der Waals surface area (Å²) in [5, 5.41) is 5.70. The van der Waals surface area contributed by atoms with Crippen molar-refractivity contribution in [3.63, 3.8) is 0 Å². The Morgan fingerprint density at radius 1 is 1.19 bits per heavy atom. The van der Waals surface area contributed by atoms with Gasteiger partial charge in [0.25, 0.3) is 10.1 Å². The molecule has 0 saturated carbocycles. The van der Waals surface area contributed by atoms with Crippen LogP contribution in [0.2, 0.25) is 5.02 Å². The van der Waals surface area contributed by atoms with Gasteiger partial charge in [-0.15, -0.1) is 0 Å². The number of anilines is 1. The summed E-state index contributed by atoms with van der Waals surface area (Å²) in [5.74, 6) is 0.568. The Morgan fingerprint density at radius 3 is 2.50 bits per heavy atom. The van der Waals surface area contributed by atoms with Crippen molar-refractivity contribution in [2.45, 2.75) is 11.3 Å². The van der Waals surface area contributed by atoms with Crippen LogP contribution < -0.4 is 15.4 Å². The predicted octanol–water partition coefficient (Wildman–Crippen LogP) is 3.94. The first-order valence-electron chi connectivity index (χ1n) is 7.46. The van der Waals surface area contributed by atoms with Crippen LogP contribution in [0.25, 0.3) is 0 Å². The van der Waals surface area contributed by atoms with Gasteiger partial charge in [-0.05, 0) is 48.9 Å². The van der Waals surface area contributed by atoms with Gasteiger partial charge in [0.1, 0.15) is 5.75 Å². The standard InChI is InChI=1S/C16H16BrClN2O5S/c17-11-2-7-15(14(18)10-11)25-9-1-8-19-16(21)20-12-3-5-13(6-4-12)26(22,23)24/h2-7,10H,1,8-9H2,(H2,19,20,21)(H,22,23,24). The van der Waals surface area contributed by atoms with Crippen molar-refractivity contribution in [1.29, 1.82) is 0 Å². The molecule has 0 bridgehead atoms. The lowest BCUT2D eigenvalue weighted by atomic mass is 10.3. The van der Waals surface area contributed by atoms with E-state index in [-0.39, 0.29) is 4.90 Å². The normalized spacial score (nSPS) is 11.0. The van der Waals surface area contributed by atoms with Gasteiger partial charge in [0.2, 0.25) is 0 Å². The van der Waals surface area contributed by atoms with Crippen molar-refractivity contribution in [3.8, 4) is 5.75 Å². The zero-order valence-electron chi connectivity index (χ0n) is 13.4. The number of hydrogen-bond acceptors (Lipinski definition) is 4. The van der Waals surface area contributed by atoms with Crippen molar-refractivity contribution in [3.05, 3.63) is 52.0 Å². The summed E-state index contributed by atoms with van der Waals surface area (Å²) in [5.41, 5.74) is 0.396. The number of ether oxygens (including phenoxy) is 1. The molecule has 2 aromatic carbocycles. The average molecular weight is 464 g/mol. The van der Waals surface area contributed by atoms with Gasteiger partial charge in [0.05, 0.1) is 16.5 Å². The Labute approximate surface area is 164 Å². The molecule has 0 spiro atoms. The number of urea groups is 1. The molecule has 3 N–H and O–H groups in total. The van der Waals surface area contributed by atoms with E-state index in [9.17, 15) is 13.2 Å². The van der Waals surface area contributed by atoms with E-state index in [1.54, 1.807) is 12.1 Å². The fourth-order valence-corrected chi connectivity index (χ4v) is 3.14. The van der Waals surface area contributed by atoms with Crippen molar-refractivity contribution in [2.24, 2.45) is 0 Å². The number of amides is 2. The van der Waals surface area contributed by atoms with E-state index in [4.69, 9.17) is 20.9 Å². The van der Waals surface area contributed by atoms with Gasteiger partial charge < -0.3 is 15.4 Å². The van der Waals surface area contributed by atoms with E-state index >= 15 is 0 Å². The summed E-state index contributed by atoms with van der Waals surface area (Å²) >= 11 is 9.34. The molecule has 0 heterocycles. The first-order chi connectivity index (χ1) is 12.3. The zero-order valence-corrected chi connectivity index (χ0v) is 16.6. The van der Waals surface area contributed by atoms with E-state index in [0.717, 1.165) is 4.47 Å². The fraction of sp³-hybridized carbons (Fsp3) is 0.188. The fourth-order valence-electron chi connectivity index (χ4n) is 1.93. The Bertz CT molecular complexity index is 875. The Morgan fingerprint density at radius 2 is 1.88 bits per heavy atom. The van der Waals surface area contributed by atoms with Crippen molar-refractivity contribution >= 4 is 49.4 Å². The maximum atomic E-state index is 11.8. The van der Waals surface area contributed by atoms with E-state index in [2.05, 4.69) is 26.6 Å². The number of carbonyl (C=O) groups is 1. The van der Waals surface area contributed by atoms with Crippen molar-refractivity contribution in [2.75, 3.05) is 18.5 Å². The summed E-state index contributed by atoms with van der Waals surface area (Å²) in [4.78, 5) is 11.5. The third-order valence-corrected chi connectivity index (χ3v) is 4.82. The van der Waals surface area contributed by atoms with Crippen LogP contribution in [-0.2, 0) is 10.1 Å². The molecule has 140 valence electrons. The molecular formula is C16H16BrClN2O5S. The van der Waals surface area contributed by atoms with Crippen LogP contribution in [0.15, 0.2) is 51.8 Å². The molecule has 0 aliphatic carbocycles. The lowest BCUT2D eigenvalue weighted by Crippen LogP contribution is -2.30. The van der Waals surface area contributed by atoms with Crippen molar-refractivity contribution in [1.82, 2.24) is 5.32 Å². The number of benzene rings is 2. The molecule has 2 rings (SSSR count). The van der Waals surface area contributed by atoms with Crippen LogP contribution >= 0.6 is 27.5 Å². The molecule has 0 fully saturated rings. The van der Waals surface area contributed by atoms with Crippen LogP contribution in [0.3, 0.4) is 0 Å². The monoisotopic (exact) mass is 462 g/mol. The number of nitrogens with one attached hydrogen (secondary N) is 2. The summed E-state index contributed by atoms with van der Waals surface area (Å²) < 4.78 is 37.2. The lowest BCUT2D eigenvalue weighted by molar-refractivity contribution is 0.250. The van der Waals surface area contributed by atoms with E-state index in [1.807, 2.05) is 6.07 Å². The first kappa shape index (κ1) is 20.5. The maximum absolute atomic E-state index is 11.8. The third kappa shape index (κ3) is 6.49.